The summed E-state index contributed by atoms with van der Waals surface area (Å²) in [4.78, 5) is 0. The Morgan fingerprint density at radius 2 is 1.21 bits per heavy atom. The van der Waals surface area contributed by atoms with Crippen LogP contribution >= 0.6 is 0 Å². The summed E-state index contributed by atoms with van der Waals surface area (Å²) in [6, 6.07) is 18.5. The van der Waals surface area contributed by atoms with Crippen molar-refractivity contribution in [2.75, 3.05) is 6.61 Å². The third kappa shape index (κ3) is 4.82. The average Bonchev–Trinajstić information content (AvgIpc) is 3.29. The van der Waals surface area contributed by atoms with Gasteiger partial charge in [-0.3, -0.25) is 0 Å². The summed E-state index contributed by atoms with van der Waals surface area (Å²) >= 11 is 0. The third-order valence-corrected chi connectivity index (χ3v) is 7.12. The van der Waals surface area contributed by atoms with Crippen molar-refractivity contribution in [1.29, 1.82) is 0 Å². The summed E-state index contributed by atoms with van der Waals surface area (Å²) in [5, 5.41) is 53.0. The summed E-state index contributed by atoms with van der Waals surface area (Å²) in [6.45, 7) is 7.28. The highest BCUT2D eigenvalue weighted by Gasteiger charge is 2.38. The van der Waals surface area contributed by atoms with E-state index in [4.69, 9.17) is 4.74 Å². The molecule has 1 heterocycles. The first-order valence-electron chi connectivity index (χ1n) is 12.7. The molecule has 6 nitrogen and oxygen atoms in total. The highest BCUT2D eigenvalue weighted by Crippen LogP contribution is 2.53. The van der Waals surface area contributed by atoms with Crippen molar-refractivity contribution in [3.8, 4) is 51.0 Å². The van der Waals surface area contributed by atoms with Crippen molar-refractivity contribution in [3.63, 3.8) is 0 Å². The van der Waals surface area contributed by atoms with Gasteiger partial charge in [0.25, 0.3) is 0 Å². The second kappa shape index (κ2) is 10.6. The maximum atomic E-state index is 10.7. The zero-order valence-corrected chi connectivity index (χ0v) is 21.3. The van der Waals surface area contributed by atoms with Crippen LogP contribution < -0.4 is 4.74 Å². The summed E-state index contributed by atoms with van der Waals surface area (Å²) < 4.78 is 6.46. The molecule has 1 aliphatic rings. The predicted octanol–water partition coefficient (Wildman–Crippen LogP) is 6.51. The fourth-order valence-electron chi connectivity index (χ4n) is 5.24. The van der Waals surface area contributed by atoms with Gasteiger partial charge in [-0.25, -0.2) is 0 Å². The molecule has 4 aromatic rings. The van der Waals surface area contributed by atoms with Gasteiger partial charge in [0, 0.05) is 27.8 Å². The van der Waals surface area contributed by atoms with Gasteiger partial charge in [-0.1, -0.05) is 30.4 Å². The Morgan fingerprint density at radius 3 is 1.77 bits per heavy atom. The van der Waals surface area contributed by atoms with Crippen LogP contribution in [0.15, 0.2) is 92.0 Å². The molecule has 0 saturated heterocycles. The Hall–Kier alpha value is -4.68. The lowest BCUT2D eigenvalue weighted by molar-refractivity contribution is 0.160. The van der Waals surface area contributed by atoms with Crippen LogP contribution in [0.4, 0.5) is 0 Å². The SMILES string of the molecule is C=CCc1ccc(O)c(-c2cc([C@H]3Oc4c(-c5cc(CC=C)ccc5O)cc(O)cc4[C@@H]3CO)ccc2O)c1. The fourth-order valence-corrected chi connectivity index (χ4v) is 5.24. The van der Waals surface area contributed by atoms with Gasteiger partial charge in [0.05, 0.1) is 12.5 Å². The molecule has 2 atom stereocenters. The van der Waals surface area contributed by atoms with E-state index < -0.39 is 12.0 Å². The maximum absolute atomic E-state index is 10.7. The minimum Gasteiger partial charge on any atom is -0.508 e. The summed E-state index contributed by atoms with van der Waals surface area (Å²) in [6.07, 6.45) is 4.09. The number of aliphatic hydroxyl groups excluding tert-OH is 1. The van der Waals surface area contributed by atoms with Crippen LogP contribution in [0.1, 0.15) is 34.3 Å². The first kappa shape index (κ1) is 25.9. The molecule has 6 heteroatoms. The Kier molecular flexibility index (Phi) is 7.05. The van der Waals surface area contributed by atoms with Gasteiger partial charge in [0.1, 0.15) is 34.9 Å². The molecule has 4 aromatic carbocycles. The standard InChI is InChI=1S/C33H30O6/c1-3-5-19-7-10-29(36)23(13-19)25-15-21(9-12-31(25)38)32-28(18-34)27-17-22(35)16-26(33(27)39-32)24-14-20(6-4-2)8-11-30(24)37/h3-4,7-17,28,32,34-38H,1-2,5-6,18H2/t28-,32+/m0/s1. The van der Waals surface area contributed by atoms with Crippen LogP contribution in [-0.4, -0.2) is 32.1 Å². The molecule has 0 saturated carbocycles. The number of hydrogen-bond donors (Lipinski definition) is 5. The Labute approximate surface area is 227 Å². The molecule has 0 fully saturated rings. The third-order valence-electron chi connectivity index (χ3n) is 7.12. The molecule has 5 N–H and O–H groups in total. The topological polar surface area (TPSA) is 110 Å². The molecule has 0 amide bonds. The summed E-state index contributed by atoms with van der Waals surface area (Å²) in [5.74, 6) is -0.0500. The number of benzene rings is 4. The monoisotopic (exact) mass is 522 g/mol. The predicted molar refractivity (Wildman–Crippen MR) is 151 cm³/mol. The lowest BCUT2D eigenvalue weighted by Gasteiger charge is -2.19. The molecular weight excluding hydrogens is 492 g/mol. The van der Waals surface area contributed by atoms with Crippen molar-refractivity contribution in [3.05, 3.63) is 114 Å². The lowest BCUT2D eigenvalue weighted by Crippen LogP contribution is -2.13. The van der Waals surface area contributed by atoms with Gasteiger partial charge in [-0.15, -0.1) is 13.2 Å². The molecule has 0 radical (unpaired) electrons. The van der Waals surface area contributed by atoms with E-state index in [9.17, 15) is 25.5 Å². The van der Waals surface area contributed by atoms with Crippen LogP contribution in [0.3, 0.4) is 0 Å². The van der Waals surface area contributed by atoms with E-state index in [1.807, 2.05) is 6.07 Å². The van der Waals surface area contributed by atoms with Gasteiger partial charge in [-0.2, -0.15) is 0 Å². The Bertz CT molecular complexity index is 1570. The van der Waals surface area contributed by atoms with Crippen molar-refractivity contribution in [1.82, 2.24) is 0 Å². The molecule has 0 bridgehead atoms. The Morgan fingerprint density at radius 1 is 0.667 bits per heavy atom. The van der Waals surface area contributed by atoms with Crippen LogP contribution in [0.5, 0.6) is 28.7 Å². The maximum Gasteiger partial charge on any atom is 0.133 e. The van der Waals surface area contributed by atoms with Crippen LogP contribution in [-0.2, 0) is 12.8 Å². The van der Waals surface area contributed by atoms with Gasteiger partial charge < -0.3 is 30.3 Å². The largest absolute Gasteiger partial charge is 0.508 e. The van der Waals surface area contributed by atoms with Gasteiger partial charge in [0.2, 0.25) is 0 Å². The van der Waals surface area contributed by atoms with Gasteiger partial charge in [-0.05, 0) is 78.1 Å². The average molecular weight is 523 g/mol. The van der Waals surface area contributed by atoms with E-state index >= 15 is 0 Å². The number of ether oxygens (including phenoxy) is 1. The van der Waals surface area contributed by atoms with E-state index in [1.54, 1.807) is 60.7 Å². The van der Waals surface area contributed by atoms with E-state index in [-0.39, 0.29) is 29.6 Å². The minimum atomic E-state index is -0.651. The van der Waals surface area contributed by atoms with Gasteiger partial charge >= 0.3 is 0 Å². The highest BCUT2D eigenvalue weighted by molar-refractivity contribution is 5.80. The molecule has 0 unspecified atom stereocenters. The van der Waals surface area contributed by atoms with Crippen LogP contribution in [0.25, 0.3) is 22.3 Å². The molecule has 0 aliphatic carbocycles. The van der Waals surface area contributed by atoms with Gasteiger partial charge in [0.15, 0.2) is 0 Å². The second-order valence-corrected chi connectivity index (χ2v) is 9.70. The first-order chi connectivity index (χ1) is 18.8. The molecule has 1 aliphatic heterocycles. The highest BCUT2D eigenvalue weighted by atomic mass is 16.5. The van der Waals surface area contributed by atoms with Crippen molar-refractivity contribution >= 4 is 0 Å². The Balaban J connectivity index is 1.61. The molecule has 0 aromatic heterocycles. The lowest BCUT2D eigenvalue weighted by atomic mass is 9.88. The zero-order valence-electron chi connectivity index (χ0n) is 21.3. The summed E-state index contributed by atoms with van der Waals surface area (Å²) in [7, 11) is 0. The first-order valence-corrected chi connectivity index (χ1v) is 12.7. The van der Waals surface area contributed by atoms with Crippen molar-refractivity contribution in [2.24, 2.45) is 0 Å². The number of hydrogen-bond acceptors (Lipinski definition) is 6. The van der Waals surface area contributed by atoms with Crippen LogP contribution in [0.2, 0.25) is 0 Å². The quantitative estimate of drug-likeness (QED) is 0.169. The van der Waals surface area contributed by atoms with Crippen LogP contribution in [0, 0.1) is 0 Å². The number of aliphatic hydroxyl groups is 1. The van der Waals surface area contributed by atoms with Crippen molar-refractivity contribution in [2.45, 2.75) is 24.9 Å². The van der Waals surface area contributed by atoms with E-state index in [1.165, 1.54) is 12.1 Å². The number of phenols is 4. The molecular formula is C33H30O6. The number of allylic oxidation sites excluding steroid dienone is 2. The molecule has 5 rings (SSSR count). The van der Waals surface area contributed by atoms with E-state index in [2.05, 4.69) is 13.2 Å². The minimum absolute atomic E-state index is 0.0110. The number of phenolic OH excluding ortho intramolecular Hbond substituents is 4. The zero-order chi connectivity index (χ0) is 27.7. The van der Waals surface area contributed by atoms with E-state index in [0.29, 0.717) is 52.0 Å². The second-order valence-electron chi connectivity index (χ2n) is 9.70. The molecule has 39 heavy (non-hydrogen) atoms. The fraction of sp³-hybridized carbons (Fsp3) is 0.152. The number of aromatic hydroxyl groups is 4. The van der Waals surface area contributed by atoms with E-state index in [0.717, 1.165) is 11.1 Å². The smallest absolute Gasteiger partial charge is 0.133 e. The molecule has 0 spiro atoms. The normalized spacial score (nSPS) is 15.9. The number of fused-ring (bicyclic) bond motifs is 1. The summed E-state index contributed by atoms with van der Waals surface area (Å²) in [5.41, 5.74) is 5.02. The number of rotatable bonds is 8. The molecule has 198 valence electrons. The van der Waals surface area contributed by atoms with Crippen molar-refractivity contribution < 1.29 is 30.3 Å².